The first-order chi connectivity index (χ1) is 12.2. The van der Waals surface area contributed by atoms with Gasteiger partial charge in [-0.1, -0.05) is 0 Å². The second kappa shape index (κ2) is 7.64. The maximum atomic E-state index is 12.2. The Bertz CT molecular complexity index is 858. The number of thioether (sulfide) groups is 1. The molecular formula is C19H25N3O2S2. The van der Waals surface area contributed by atoms with Gasteiger partial charge in [-0.25, -0.2) is 9.97 Å². The number of hydrogen-bond donors (Lipinski definition) is 1. The van der Waals surface area contributed by atoms with Crippen LogP contribution in [0.2, 0.25) is 0 Å². The summed E-state index contributed by atoms with van der Waals surface area (Å²) < 4.78 is 0. The zero-order chi connectivity index (χ0) is 18.9. The largest absolute Gasteiger partial charge is 0.351 e. The number of hydrogen-bond acceptors (Lipinski definition) is 6. The number of thiophene rings is 1. The van der Waals surface area contributed by atoms with Gasteiger partial charge < -0.3 is 5.32 Å². The molecule has 2 aromatic rings. The molecule has 0 aliphatic heterocycles. The van der Waals surface area contributed by atoms with E-state index in [1.165, 1.54) is 22.2 Å². The molecule has 0 spiro atoms. The Morgan fingerprint density at radius 1 is 1.27 bits per heavy atom. The predicted octanol–water partition coefficient (Wildman–Crippen LogP) is 3.84. The zero-order valence-electron chi connectivity index (χ0n) is 15.8. The lowest BCUT2D eigenvalue weighted by atomic mass is 9.98. The summed E-state index contributed by atoms with van der Waals surface area (Å²) in [4.78, 5) is 35.3. The molecule has 1 N–H and O–H groups in total. The summed E-state index contributed by atoms with van der Waals surface area (Å²) >= 11 is 3.42. The lowest BCUT2D eigenvalue weighted by Gasteiger charge is -2.25. The van der Waals surface area contributed by atoms with Gasteiger partial charge in [0.25, 0.3) is 0 Å². The maximum Gasteiger partial charge on any atom is 0.221 e. The number of amides is 1. The minimum atomic E-state index is -0.499. The molecule has 26 heavy (non-hydrogen) atoms. The molecule has 1 amide bonds. The molecule has 3 rings (SSSR count). The van der Waals surface area contributed by atoms with Crippen LogP contribution in [0.1, 0.15) is 56.3 Å². The van der Waals surface area contributed by atoms with Crippen molar-refractivity contribution >= 4 is 45.0 Å². The summed E-state index contributed by atoms with van der Waals surface area (Å²) in [7, 11) is 0. The highest BCUT2D eigenvalue weighted by atomic mass is 32.2. The van der Waals surface area contributed by atoms with Gasteiger partial charge in [0.15, 0.2) is 0 Å². The van der Waals surface area contributed by atoms with Gasteiger partial charge in [-0.05, 0) is 52.5 Å². The van der Waals surface area contributed by atoms with Crippen LogP contribution in [0, 0.1) is 6.92 Å². The van der Waals surface area contributed by atoms with Crippen LogP contribution in [0.25, 0.3) is 10.2 Å². The molecule has 140 valence electrons. The first-order valence-corrected chi connectivity index (χ1v) is 10.8. The minimum Gasteiger partial charge on any atom is -0.351 e. The van der Waals surface area contributed by atoms with E-state index in [1.807, 2.05) is 20.8 Å². The molecule has 0 saturated carbocycles. The third-order valence-corrected chi connectivity index (χ3v) is 6.54. The van der Waals surface area contributed by atoms with Crippen molar-refractivity contribution in [2.75, 3.05) is 5.75 Å². The average Bonchev–Trinajstić information content (AvgIpc) is 3.04. The SMILES string of the molecule is CC(=O)CC(C)(C)NC(=O)CCSc1nc(C)nc2sc3c(c12)CCC3. The molecule has 2 heterocycles. The quantitative estimate of drug-likeness (QED) is 0.573. The predicted molar refractivity (Wildman–Crippen MR) is 107 cm³/mol. The minimum absolute atomic E-state index is 0.0266. The monoisotopic (exact) mass is 391 g/mol. The molecule has 0 fully saturated rings. The van der Waals surface area contributed by atoms with Gasteiger partial charge in [0, 0.05) is 34.4 Å². The molecule has 7 heteroatoms. The van der Waals surface area contributed by atoms with Crippen molar-refractivity contribution in [2.24, 2.45) is 0 Å². The van der Waals surface area contributed by atoms with Crippen LogP contribution >= 0.6 is 23.1 Å². The Morgan fingerprint density at radius 3 is 2.77 bits per heavy atom. The van der Waals surface area contributed by atoms with E-state index in [9.17, 15) is 9.59 Å². The molecule has 0 saturated heterocycles. The van der Waals surface area contributed by atoms with Crippen LogP contribution in [0.4, 0.5) is 0 Å². The molecule has 1 aliphatic rings. The van der Waals surface area contributed by atoms with E-state index >= 15 is 0 Å². The van der Waals surface area contributed by atoms with E-state index in [4.69, 9.17) is 0 Å². The van der Waals surface area contributed by atoms with Crippen molar-refractivity contribution < 1.29 is 9.59 Å². The van der Waals surface area contributed by atoms with Crippen molar-refractivity contribution in [1.29, 1.82) is 0 Å². The number of rotatable bonds is 7. The van der Waals surface area contributed by atoms with Crippen molar-refractivity contribution in [3.63, 3.8) is 0 Å². The maximum absolute atomic E-state index is 12.2. The van der Waals surface area contributed by atoms with E-state index in [2.05, 4.69) is 15.3 Å². The zero-order valence-corrected chi connectivity index (χ0v) is 17.4. The van der Waals surface area contributed by atoms with Gasteiger partial charge in [0.05, 0.1) is 0 Å². The number of fused-ring (bicyclic) bond motifs is 3. The molecule has 0 unspecified atom stereocenters. The van der Waals surface area contributed by atoms with Crippen LogP contribution < -0.4 is 5.32 Å². The topological polar surface area (TPSA) is 72.0 Å². The number of nitrogens with one attached hydrogen (secondary N) is 1. The van der Waals surface area contributed by atoms with Crippen molar-refractivity contribution in [3.05, 3.63) is 16.3 Å². The highest BCUT2D eigenvalue weighted by Gasteiger charge is 2.24. The van der Waals surface area contributed by atoms with Crippen molar-refractivity contribution in [3.8, 4) is 0 Å². The Labute approximate surface area is 162 Å². The van der Waals surface area contributed by atoms with E-state index in [0.29, 0.717) is 18.6 Å². The van der Waals surface area contributed by atoms with E-state index < -0.39 is 5.54 Å². The van der Waals surface area contributed by atoms with Gasteiger partial charge in [-0.3, -0.25) is 9.59 Å². The molecular weight excluding hydrogens is 366 g/mol. The Morgan fingerprint density at radius 2 is 2.04 bits per heavy atom. The molecule has 0 aromatic carbocycles. The fourth-order valence-corrected chi connectivity index (χ4v) is 5.93. The normalized spacial score (nSPS) is 13.8. The second-order valence-electron chi connectivity index (χ2n) is 7.52. The van der Waals surface area contributed by atoms with Crippen LogP contribution in [0.15, 0.2) is 5.03 Å². The average molecular weight is 392 g/mol. The summed E-state index contributed by atoms with van der Waals surface area (Å²) in [6.45, 7) is 7.23. The second-order valence-corrected chi connectivity index (χ2v) is 9.69. The van der Waals surface area contributed by atoms with Crippen molar-refractivity contribution in [1.82, 2.24) is 15.3 Å². The van der Waals surface area contributed by atoms with E-state index in [0.717, 1.165) is 28.5 Å². The Kier molecular flexibility index (Phi) is 5.67. The van der Waals surface area contributed by atoms with Gasteiger partial charge in [-0.15, -0.1) is 23.1 Å². The number of ketones is 1. The fraction of sp³-hybridized carbons (Fsp3) is 0.579. The number of nitrogens with zero attached hydrogens (tertiary/aromatic N) is 2. The first-order valence-electron chi connectivity index (χ1n) is 8.97. The molecule has 2 aromatic heterocycles. The van der Waals surface area contributed by atoms with Crippen LogP contribution in [0.3, 0.4) is 0 Å². The van der Waals surface area contributed by atoms with Crippen LogP contribution in [-0.4, -0.2) is 33.0 Å². The van der Waals surface area contributed by atoms with E-state index in [1.54, 1.807) is 30.0 Å². The first kappa shape index (κ1) is 19.3. The number of carbonyl (C=O) groups excluding carboxylic acids is 2. The molecule has 0 bridgehead atoms. The van der Waals surface area contributed by atoms with Crippen molar-refractivity contribution in [2.45, 2.75) is 70.4 Å². The number of carbonyl (C=O) groups is 2. The summed E-state index contributed by atoms with van der Waals surface area (Å²) in [5.41, 5.74) is 0.917. The molecule has 0 radical (unpaired) electrons. The molecule has 5 nitrogen and oxygen atoms in total. The smallest absolute Gasteiger partial charge is 0.221 e. The standard InChI is InChI=1S/C19H25N3O2S2/c1-11(23)10-19(3,4)22-15(24)8-9-25-17-16-13-6-5-7-14(13)26-18(16)21-12(2)20-17/h5-10H2,1-4H3,(H,22,24). The molecule has 0 atom stereocenters. The van der Waals surface area contributed by atoms with Gasteiger partial charge in [-0.2, -0.15) is 0 Å². The van der Waals surface area contributed by atoms with Gasteiger partial charge in [0.1, 0.15) is 21.5 Å². The van der Waals surface area contributed by atoms with Gasteiger partial charge in [0.2, 0.25) is 5.91 Å². The number of aryl methyl sites for hydroxylation is 3. The lowest BCUT2D eigenvalue weighted by Crippen LogP contribution is -2.44. The molecule has 1 aliphatic carbocycles. The fourth-order valence-electron chi connectivity index (χ4n) is 3.52. The summed E-state index contributed by atoms with van der Waals surface area (Å²) in [6, 6.07) is 0. The van der Waals surface area contributed by atoms with Crippen LogP contribution in [0.5, 0.6) is 0 Å². The summed E-state index contributed by atoms with van der Waals surface area (Å²) in [5.74, 6) is 1.50. The lowest BCUT2D eigenvalue weighted by molar-refractivity contribution is -0.123. The highest BCUT2D eigenvalue weighted by molar-refractivity contribution is 7.99. The summed E-state index contributed by atoms with van der Waals surface area (Å²) in [5, 5.41) is 5.16. The summed E-state index contributed by atoms with van der Waals surface area (Å²) in [6.07, 6.45) is 4.21. The third kappa shape index (κ3) is 4.43. The highest BCUT2D eigenvalue weighted by Crippen LogP contribution is 2.40. The third-order valence-electron chi connectivity index (χ3n) is 4.38. The number of Topliss-reactive ketones (excluding diaryl/α,β-unsaturated/α-hetero) is 1. The van der Waals surface area contributed by atoms with Crippen LogP contribution in [-0.2, 0) is 22.4 Å². The van der Waals surface area contributed by atoms with Gasteiger partial charge >= 0.3 is 0 Å². The Balaban J connectivity index is 1.65. The Hall–Kier alpha value is -1.47. The number of aromatic nitrogens is 2. The van der Waals surface area contributed by atoms with E-state index in [-0.39, 0.29) is 11.7 Å².